The lowest BCUT2D eigenvalue weighted by molar-refractivity contribution is 0.124. The molecule has 1 aliphatic heterocycles. The number of aliphatic imine (C=N–C) groups is 1. The summed E-state index contributed by atoms with van der Waals surface area (Å²) in [6.45, 7) is 8.42. The number of benzene rings is 1. The minimum Gasteiger partial charge on any atom is -0.364 e. The third kappa shape index (κ3) is 4.86. The summed E-state index contributed by atoms with van der Waals surface area (Å²) < 4.78 is 32.4. The number of hydrogen-bond donors (Lipinski definition) is 1. The molecule has 1 saturated heterocycles. The van der Waals surface area contributed by atoms with E-state index in [2.05, 4.69) is 25.3 Å². The molecule has 0 amide bonds. The Kier molecular flexibility index (Phi) is 6.97. The molecule has 6 nitrogen and oxygen atoms in total. The number of nitrogens with zero attached hydrogens (tertiary/aromatic N) is 4. The number of hydrogen-bond acceptors (Lipinski definition) is 4. The highest BCUT2D eigenvalue weighted by Gasteiger charge is 2.27. The van der Waals surface area contributed by atoms with E-state index in [0.717, 1.165) is 56.9 Å². The highest BCUT2D eigenvalue weighted by molar-refractivity contribution is 5.80. The molecule has 2 aromatic rings. The summed E-state index contributed by atoms with van der Waals surface area (Å²) >= 11 is 0. The van der Waals surface area contributed by atoms with E-state index in [1.807, 2.05) is 13.8 Å². The van der Waals surface area contributed by atoms with Gasteiger partial charge in [-0.05, 0) is 19.4 Å². The van der Waals surface area contributed by atoms with Gasteiger partial charge >= 0.3 is 0 Å². The second-order valence-corrected chi connectivity index (χ2v) is 6.77. The van der Waals surface area contributed by atoms with Gasteiger partial charge in [0.2, 0.25) is 0 Å². The van der Waals surface area contributed by atoms with Crippen LogP contribution in [0.2, 0.25) is 0 Å². The van der Waals surface area contributed by atoms with Gasteiger partial charge in [-0.1, -0.05) is 18.1 Å². The van der Waals surface area contributed by atoms with Crippen molar-refractivity contribution in [3.05, 3.63) is 53.4 Å². The summed E-state index contributed by atoms with van der Waals surface area (Å²) in [5, 5.41) is 7.21. The summed E-state index contributed by atoms with van der Waals surface area (Å²) in [5.74, 6) is -0.178. The van der Waals surface area contributed by atoms with E-state index in [9.17, 15) is 8.78 Å². The van der Waals surface area contributed by atoms with Crippen molar-refractivity contribution in [2.75, 3.05) is 32.7 Å². The van der Waals surface area contributed by atoms with Crippen LogP contribution in [0.15, 0.2) is 40.0 Å². The molecule has 1 atom stereocenters. The molecule has 0 aliphatic carbocycles. The Bertz CT molecular complexity index is 773. The normalized spacial score (nSPS) is 17.0. The Morgan fingerprint density at radius 2 is 2.00 bits per heavy atom. The average Bonchev–Trinajstić information content (AvgIpc) is 3.21. The molecule has 8 heteroatoms. The number of aromatic nitrogens is 1. The van der Waals surface area contributed by atoms with E-state index >= 15 is 0 Å². The molecule has 0 radical (unpaired) electrons. The molecule has 0 bridgehead atoms. The average molecular weight is 391 g/mol. The molecule has 1 N–H and O–H groups in total. The SMILES string of the molecule is CCNC(=NCc1ccon1)N1CCN(C(CC)c2ccc(F)cc2F)CC1. The zero-order chi connectivity index (χ0) is 19.9. The molecular weight excluding hydrogens is 364 g/mol. The molecule has 1 aliphatic rings. The van der Waals surface area contributed by atoms with Crippen molar-refractivity contribution in [1.82, 2.24) is 20.3 Å². The van der Waals surface area contributed by atoms with E-state index in [4.69, 9.17) is 4.52 Å². The van der Waals surface area contributed by atoms with Crippen LogP contribution in [0.1, 0.15) is 37.6 Å². The maximum Gasteiger partial charge on any atom is 0.194 e. The van der Waals surface area contributed by atoms with E-state index in [1.165, 1.54) is 12.3 Å². The predicted molar refractivity (Wildman–Crippen MR) is 104 cm³/mol. The number of nitrogens with one attached hydrogen (secondary N) is 1. The van der Waals surface area contributed by atoms with E-state index in [-0.39, 0.29) is 6.04 Å². The predicted octanol–water partition coefficient (Wildman–Crippen LogP) is 3.19. The van der Waals surface area contributed by atoms with Gasteiger partial charge in [-0.2, -0.15) is 0 Å². The summed E-state index contributed by atoms with van der Waals surface area (Å²) in [6.07, 6.45) is 2.30. The van der Waals surface area contributed by atoms with Crippen LogP contribution in [0.5, 0.6) is 0 Å². The Morgan fingerprint density at radius 1 is 1.21 bits per heavy atom. The highest BCUT2D eigenvalue weighted by Crippen LogP contribution is 2.28. The second kappa shape index (κ2) is 9.64. The van der Waals surface area contributed by atoms with Crippen LogP contribution in [0.4, 0.5) is 8.78 Å². The molecule has 1 fully saturated rings. The lowest BCUT2D eigenvalue weighted by Gasteiger charge is -2.40. The number of piperazine rings is 1. The van der Waals surface area contributed by atoms with Gasteiger partial charge in [0.25, 0.3) is 0 Å². The zero-order valence-electron chi connectivity index (χ0n) is 16.4. The van der Waals surface area contributed by atoms with E-state index in [1.54, 1.807) is 12.1 Å². The van der Waals surface area contributed by atoms with Crippen LogP contribution < -0.4 is 5.32 Å². The van der Waals surface area contributed by atoms with Crippen LogP contribution in [-0.2, 0) is 6.54 Å². The van der Waals surface area contributed by atoms with Gasteiger partial charge in [0.15, 0.2) is 5.96 Å². The zero-order valence-corrected chi connectivity index (χ0v) is 16.4. The Labute approximate surface area is 164 Å². The highest BCUT2D eigenvalue weighted by atomic mass is 19.1. The van der Waals surface area contributed by atoms with Crippen molar-refractivity contribution < 1.29 is 13.3 Å². The Hall–Kier alpha value is -2.48. The summed E-state index contributed by atoms with van der Waals surface area (Å²) in [6, 6.07) is 5.60. The van der Waals surface area contributed by atoms with Crippen LogP contribution in [-0.4, -0.2) is 53.6 Å². The van der Waals surface area contributed by atoms with Crippen LogP contribution >= 0.6 is 0 Å². The largest absolute Gasteiger partial charge is 0.364 e. The first-order chi connectivity index (χ1) is 13.6. The smallest absolute Gasteiger partial charge is 0.194 e. The van der Waals surface area contributed by atoms with E-state index < -0.39 is 11.6 Å². The molecule has 28 heavy (non-hydrogen) atoms. The summed E-state index contributed by atoms with van der Waals surface area (Å²) in [5.41, 5.74) is 1.34. The summed E-state index contributed by atoms with van der Waals surface area (Å²) in [4.78, 5) is 9.10. The Balaban J connectivity index is 1.65. The first kappa shape index (κ1) is 20.3. The molecule has 1 aromatic heterocycles. The van der Waals surface area contributed by atoms with Crippen molar-refractivity contribution in [3.8, 4) is 0 Å². The quantitative estimate of drug-likeness (QED) is 0.605. The molecule has 152 valence electrons. The second-order valence-electron chi connectivity index (χ2n) is 6.77. The molecule has 1 unspecified atom stereocenters. The Morgan fingerprint density at radius 3 is 2.61 bits per heavy atom. The molecular formula is C20H27F2N5O. The van der Waals surface area contributed by atoms with E-state index in [0.29, 0.717) is 12.1 Å². The first-order valence-corrected chi connectivity index (χ1v) is 9.73. The van der Waals surface area contributed by atoms with Gasteiger partial charge in [-0.3, -0.25) is 4.90 Å². The van der Waals surface area contributed by atoms with Crippen LogP contribution in [0.25, 0.3) is 0 Å². The fourth-order valence-electron chi connectivity index (χ4n) is 3.59. The van der Waals surface area contributed by atoms with Gasteiger partial charge in [0.1, 0.15) is 23.6 Å². The lowest BCUT2D eigenvalue weighted by Crippen LogP contribution is -2.53. The van der Waals surface area contributed by atoms with Gasteiger partial charge in [0, 0.05) is 56.5 Å². The van der Waals surface area contributed by atoms with Crippen molar-refractivity contribution in [3.63, 3.8) is 0 Å². The third-order valence-corrected chi connectivity index (χ3v) is 4.98. The fraction of sp³-hybridized carbons (Fsp3) is 0.500. The fourth-order valence-corrected chi connectivity index (χ4v) is 3.59. The minimum atomic E-state index is -0.542. The summed E-state index contributed by atoms with van der Waals surface area (Å²) in [7, 11) is 0. The number of halogens is 2. The topological polar surface area (TPSA) is 56.9 Å². The monoisotopic (exact) mass is 391 g/mol. The van der Waals surface area contributed by atoms with Gasteiger partial charge < -0.3 is 14.7 Å². The standard InChI is InChI=1S/C20H27F2N5O/c1-3-19(17-6-5-15(21)13-18(17)22)26-8-10-27(11-9-26)20(23-4-2)24-14-16-7-12-28-25-16/h5-7,12-13,19H,3-4,8-11,14H2,1-2H3,(H,23,24). The molecule has 2 heterocycles. The van der Waals surface area contributed by atoms with Gasteiger partial charge in [-0.25, -0.2) is 13.8 Å². The van der Waals surface area contributed by atoms with Gasteiger partial charge in [0.05, 0.1) is 6.54 Å². The van der Waals surface area contributed by atoms with Crippen LogP contribution in [0.3, 0.4) is 0 Å². The number of rotatable bonds is 6. The minimum absolute atomic E-state index is 0.0580. The third-order valence-electron chi connectivity index (χ3n) is 4.98. The van der Waals surface area contributed by atoms with Crippen molar-refractivity contribution in [2.45, 2.75) is 32.9 Å². The van der Waals surface area contributed by atoms with Gasteiger partial charge in [-0.15, -0.1) is 0 Å². The lowest BCUT2D eigenvalue weighted by atomic mass is 10.0. The van der Waals surface area contributed by atoms with Crippen molar-refractivity contribution in [2.24, 2.45) is 4.99 Å². The maximum absolute atomic E-state index is 14.3. The van der Waals surface area contributed by atoms with Crippen LogP contribution in [0, 0.1) is 11.6 Å². The number of guanidine groups is 1. The van der Waals surface area contributed by atoms with Crippen molar-refractivity contribution in [1.29, 1.82) is 0 Å². The maximum atomic E-state index is 14.3. The molecule has 0 saturated carbocycles. The molecule has 1 aromatic carbocycles. The molecule has 0 spiro atoms. The molecule has 3 rings (SSSR count). The van der Waals surface area contributed by atoms with Crippen molar-refractivity contribution >= 4 is 5.96 Å². The first-order valence-electron chi connectivity index (χ1n) is 9.73.